The van der Waals surface area contributed by atoms with Gasteiger partial charge in [0.25, 0.3) is 0 Å². The molecule has 0 radical (unpaired) electrons. The van der Waals surface area contributed by atoms with Crippen LogP contribution in [0, 0.1) is 0 Å². The maximum absolute atomic E-state index is 5.66. The summed E-state index contributed by atoms with van der Waals surface area (Å²) in [7, 11) is 1.65. The van der Waals surface area contributed by atoms with Crippen LogP contribution < -0.4 is 19.5 Å². The Morgan fingerprint density at radius 1 is 1.38 bits per heavy atom. The summed E-state index contributed by atoms with van der Waals surface area (Å²) in [5, 5.41) is 3.49. The van der Waals surface area contributed by atoms with Crippen LogP contribution in [0.4, 0.5) is 0 Å². The van der Waals surface area contributed by atoms with Crippen LogP contribution in [-0.4, -0.2) is 32.9 Å². The smallest absolute Gasteiger partial charge is 0.203 e. The maximum Gasteiger partial charge on any atom is 0.203 e. The number of methoxy groups -OCH3 is 1. The van der Waals surface area contributed by atoms with Gasteiger partial charge in [-0.15, -0.1) is 0 Å². The van der Waals surface area contributed by atoms with Gasteiger partial charge in [0.05, 0.1) is 7.11 Å². The van der Waals surface area contributed by atoms with Crippen molar-refractivity contribution < 1.29 is 14.2 Å². The molecular formula is C17H25NO3. The molecule has 116 valence electrons. The normalized spacial score (nSPS) is 15.7. The lowest BCUT2D eigenvalue weighted by Crippen LogP contribution is -2.27. The van der Waals surface area contributed by atoms with E-state index in [1.807, 2.05) is 12.1 Å². The molecule has 0 bridgehead atoms. The van der Waals surface area contributed by atoms with E-state index < -0.39 is 0 Å². The van der Waals surface area contributed by atoms with Gasteiger partial charge in [-0.1, -0.05) is 18.6 Å². The first kappa shape index (κ1) is 15.7. The molecule has 1 aromatic rings. The second-order valence-electron chi connectivity index (χ2n) is 5.31. The van der Waals surface area contributed by atoms with Crippen molar-refractivity contribution in [1.82, 2.24) is 5.32 Å². The minimum Gasteiger partial charge on any atom is -0.493 e. The van der Waals surface area contributed by atoms with Gasteiger partial charge in [0, 0.05) is 6.04 Å². The SMILES string of the molecule is CCCNC(C)/C(C)=C/c1cc(OC)c2c(c1)OCCO2. The van der Waals surface area contributed by atoms with E-state index >= 15 is 0 Å². The summed E-state index contributed by atoms with van der Waals surface area (Å²) in [5.41, 5.74) is 2.35. The molecule has 1 aliphatic heterocycles. The van der Waals surface area contributed by atoms with Crippen molar-refractivity contribution in [2.45, 2.75) is 33.2 Å². The zero-order valence-electron chi connectivity index (χ0n) is 13.4. The lowest BCUT2D eigenvalue weighted by atomic mass is 10.1. The van der Waals surface area contributed by atoms with E-state index in [1.54, 1.807) is 7.11 Å². The van der Waals surface area contributed by atoms with Gasteiger partial charge in [-0.25, -0.2) is 0 Å². The van der Waals surface area contributed by atoms with Crippen LogP contribution in [0.5, 0.6) is 17.2 Å². The molecular weight excluding hydrogens is 266 g/mol. The van der Waals surface area contributed by atoms with E-state index in [0.717, 1.165) is 30.0 Å². The first-order valence-corrected chi connectivity index (χ1v) is 7.55. The summed E-state index contributed by atoms with van der Waals surface area (Å²) in [6, 6.07) is 4.35. The Hall–Kier alpha value is -1.68. The van der Waals surface area contributed by atoms with E-state index in [1.165, 1.54) is 5.57 Å². The van der Waals surface area contributed by atoms with Crippen LogP contribution >= 0.6 is 0 Å². The molecule has 0 aromatic heterocycles. The number of fused-ring (bicyclic) bond motifs is 1. The number of ether oxygens (including phenoxy) is 3. The predicted octanol–water partition coefficient (Wildman–Crippen LogP) is 3.26. The van der Waals surface area contributed by atoms with Gasteiger partial charge in [-0.3, -0.25) is 0 Å². The monoisotopic (exact) mass is 291 g/mol. The molecule has 1 atom stereocenters. The number of benzene rings is 1. The topological polar surface area (TPSA) is 39.7 Å². The fourth-order valence-corrected chi connectivity index (χ4v) is 2.29. The first-order valence-electron chi connectivity index (χ1n) is 7.55. The lowest BCUT2D eigenvalue weighted by molar-refractivity contribution is 0.165. The number of hydrogen-bond donors (Lipinski definition) is 1. The van der Waals surface area contributed by atoms with Crippen LogP contribution in [0.15, 0.2) is 17.7 Å². The van der Waals surface area contributed by atoms with Crippen LogP contribution in [0.1, 0.15) is 32.8 Å². The van der Waals surface area contributed by atoms with Crippen molar-refractivity contribution >= 4 is 6.08 Å². The van der Waals surface area contributed by atoms with E-state index in [9.17, 15) is 0 Å². The molecule has 0 amide bonds. The van der Waals surface area contributed by atoms with Crippen molar-refractivity contribution in [2.24, 2.45) is 0 Å². The van der Waals surface area contributed by atoms with Crippen LogP contribution in [0.2, 0.25) is 0 Å². The average molecular weight is 291 g/mol. The van der Waals surface area contributed by atoms with Crippen LogP contribution in [0.3, 0.4) is 0 Å². The second kappa shape index (κ2) is 7.36. The highest BCUT2D eigenvalue weighted by Crippen LogP contribution is 2.40. The van der Waals surface area contributed by atoms with Gasteiger partial charge in [0.15, 0.2) is 11.5 Å². The Balaban J connectivity index is 2.23. The maximum atomic E-state index is 5.66. The van der Waals surface area contributed by atoms with Crippen molar-refractivity contribution in [3.63, 3.8) is 0 Å². The fraction of sp³-hybridized carbons (Fsp3) is 0.529. The minimum absolute atomic E-state index is 0.351. The Morgan fingerprint density at radius 2 is 2.14 bits per heavy atom. The summed E-state index contributed by atoms with van der Waals surface area (Å²) < 4.78 is 16.7. The molecule has 0 aliphatic carbocycles. The molecule has 1 N–H and O–H groups in total. The minimum atomic E-state index is 0.351. The molecule has 1 aromatic carbocycles. The van der Waals surface area contributed by atoms with Gasteiger partial charge in [-0.05, 0) is 44.5 Å². The van der Waals surface area contributed by atoms with Crippen LogP contribution in [0.25, 0.3) is 6.08 Å². The third-order valence-electron chi connectivity index (χ3n) is 3.63. The molecule has 21 heavy (non-hydrogen) atoms. The molecule has 4 nitrogen and oxygen atoms in total. The van der Waals surface area contributed by atoms with Gasteiger partial charge >= 0.3 is 0 Å². The van der Waals surface area contributed by atoms with Crippen molar-refractivity contribution in [3.8, 4) is 17.2 Å². The second-order valence-corrected chi connectivity index (χ2v) is 5.31. The van der Waals surface area contributed by atoms with E-state index in [4.69, 9.17) is 14.2 Å². The fourth-order valence-electron chi connectivity index (χ4n) is 2.29. The summed E-state index contributed by atoms with van der Waals surface area (Å²) in [6.45, 7) is 8.65. The molecule has 2 rings (SSSR count). The Morgan fingerprint density at radius 3 is 2.86 bits per heavy atom. The van der Waals surface area contributed by atoms with Gasteiger partial charge in [-0.2, -0.15) is 0 Å². The summed E-state index contributed by atoms with van der Waals surface area (Å²) in [4.78, 5) is 0. The van der Waals surface area contributed by atoms with E-state index in [2.05, 4.69) is 32.2 Å². The average Bonchev–Trinajstić information content (AvgIpc) is 2.51. The number of nitrogens with one attached hydrogen (secondary N) is 1. The summed E-state index contributed by atoms with van der Waals surface area (Å²) in [6.07, 6.45) is 3.30. The quantitative estimate of drug-likeness (QED) is 0.873. The zero-order chi connectivity index (χ0) is 15.2. The molecule has 0 saturated carbocycles. The molecule has 0 spiro atoms. The molecule has 1 heterocycles. The largest absolute Gasteiger partial charge is 0.493 e. The summed E-state index contributed by atoms with van der Waals surface area (Å²) in [5.74, 6) is 2.19. The molecule has 0 saturated heterocycles. The lowest BCUT2D eigenvalue weighted by Gasteiger charge is -2.21. The highest BCUT2D eigenvalue weighted by molar-refractivity contribution is 5.64. The Bertz CT molecular complexity index is 494. The van der Waals surface area contributed by atoms with Crippen molar-refractivity contribution in [2.75, 3.05) is 26.9 Å². The molecule has 1 unspecified atom stereocenters. The van der Waals surface area contributed by atoms with Gasteiger partial charge in [0.2, 0.25) is 5.75 Å². The third-order valence-corrected chi connectivity index (χ3v) is 3.63. The Kier molecular flexibility index (Phi) is 5.51. The molecule has 1 aliphatic rings. The highest BCUT2D eigenvalue weighted by atomic mass is 16.6. The van der Waals surface area contributed by atoms with E-state index in [0.29, 0.717) is 25.0 Å². The number of rotatable bonds is 6. The predicted molar refractivity (Wildman–Crippen MR) is 85.4 cm³/mol. The van der Waals surface area contributed by atoms with Crippen molar-refractivity contribution in [3.05, 3.63) is 23.3 Å². The third kappa shape index (κ3) is 3.91. The highest BCUT2D eigenvalue weighted by Gasteiger charge is 2.18. The molecule has 0 fully saturated rings. The Labute approximate surface area is 127 Å². The van der Waals surface area contributed by atoms with E-state index in [-0.39, 0.29) is 0 Å². The van der Waals surface area contributed by atoms with Gasteiger partial charge < -0.3 is 19.5 Å². The molecule has 4 heteroatoms. The van der Waals surface area contributed by atoms with Crippen LogP contribution in [-0.2, 0) is 0 Å². The van der Waals surface area contributed by atoms with Gasteiger partial charge in [0.1, 0.15) is 13.2 Å². The standard InChI is InChI=1S/C17H25NO3/c1-5-6-18-13(3)12(2)9-14-10-15(19-4)17-16(11-14)20-7-8-21-17/h9-11,13,18H,5-8H2,1-4H3/b12-9+. The van der Waals surface area contributed by atoms with Crippen molar-refractivity contribution in [1.29, 1.82) is 0 Å². The first-order chi connectivity index (χ1) is 10.2. The number of hydrogen-bond acceptors (Lipinski definition) is 4. The summed E-state index contributed by atoms with van der Waals surface area (Å²) >= 11 is 0. The zero-order valence-corrected chi connectivity index (χ0v) is 13.4.